The van der Waals surface area contributed by atoms with Crippen molar-refractivity contribution in [1.29, 1.82) is 0 Å². The summed E-state index contributed by atoms with van der Waals surface area (Å²) >= 11 is 4.13. The van der Waals surface area contributed by atoms with Crippen LogP contribution in [0.1, 0.15) is 11.1 Å². The van der Waals surface area contributed by atoms with Crippen molar-refractivity contribution in [2.45, 2.75) is 6.92 Å². The Balaban J connectivity index is 1.75. The van der Waals surface area contributed by atoms with Crippen LogP contribution in [0.25, 0.3) is 6.08 Å². The number of ether oxygens (including phenoxy) is 3. The number of carbonyl (C=O) groups is 4. The third kappa shape index (κ3) is 5.97. The summed E-state index contributed by atoms with van der Waals surface area (Å²) < 4.78 is 15.8. The molecule has 2 aromatic carbocycles. The zero-order chi connectivity index (χ0) is 24.8. The number of nitrogens with zero attached hydrogens (tertiary/aromatic N) is 1. The van der Waals surface area contributed by atoms with Crippen molar-refractivity contribution in [2.24, 2.45) is 0 Å². The highest BCUT2D eigenvalue weighted by atomic mass is 79.9. The van der Waals surface area contributed by atoms with E-state index < -0.39 is 29.6 Å². The van der Waals surface area contributed by atoms with Crippen molar-refractivity contribution >= 4 is 62.5 Å². The number of aryl methyl sites for hydroxylation is 1. The van der Waals surface area contributed by atoms with Crippen LogP contribution >= 0.6 is 27.7 Å². The summed E-state index contributed by atoms with van der Waals surface area (Å²) in [5, 5.41) is 2.17. The van der Waals surface area contributed by atoms with Gasteiger partial charge in [-0.25, -0.2) is 4.79 Å². The number of hydrogen-bond donors (Lipinski definition) is 1. The lowest BCUT2D eigenvalue weighted by Gasteiger charge is -2.13. The molecule has 0 bridgehead atoms. The van der Waals surface area contributed by atoms with Crippen LogP contribution in [0, 0.1) is 6.92 Å². The van der Waals surface area contributed by atoms with E-state index in [9.17, 15) is 19.2 Å². The van der Waals surface area contributed by atoms with Gasteiger partial charge in [0.2, 0.25) is 5.91 Å². The van der Waals surface area contributed by atoms with Crippen molar-refractivity contribution < 1.29 is 33.4 Å². The Hall–Kier alpha value is -3.31. The number of hydrogen-bond acceptors (Lipinski definition) is 8. The van der Waals surface area contributed by atoms with E-state index in [2.05, 4.69) is 26.0 Å². The van der Waals surface area contributed by atoms with Crippen molar-refractivity contribution in [3.63, 3.8) is 0 Å². The molecule has 1 heterocycles. The molecule has 1 fully saturated rings. The van der Waals surface area contributed by atoms with Gasteiger partial charge in [-0.05, 0) is 54.1 Å². The first-order valence-electron chi connectivity index (χ1n) is 9.91. The minimum atomic E-state index is -0.577. The average Bonchev–Trinajstić information content (AvgIpc) is 3.07. The van der Waals surface area contributed by atoms with Gasteiger partial charge in [-0.1, -0.05) is 34.1 Å². The number of rotatable bonds is 8. The van der Waals surface area contributed by atoms with Crippen LogP contribution in [0.15, 0.2) is 45.8 Å². The molecular weight excluding hydrogens is 528 g/mol. The molecule has 1 aliphatic heterocycles. The summed E-state index contributed by atoms with van der Waals surface area (Å²) in [5.74, 6) is -1.00. The molecule has 0 aromatic heterocycles. The summed E-state index contributed by atoms with van der Waals surface area (Å²) in [6, 6.07) is 10.4. The largest absolute Gasteiger partial charge is 0.493 e. The second-order valence-electron chi connectivity index (χ2n) is 7.02. The second kappa shape index (κ2) is 11.2. The number of nitrogens with one attached hydrogen (secondary N) is 1. The van der Waals surface area contributed by atoms with Crippen LogP contribution in [0.5, 0.6) is 11.5 Å². The molecule has 1 N–H and O–H groups in total. The van der Waals surface area contributed by atoms with Gasteiger partial charge >= 0.3 is 5.97 Å². The van der Waals surface area contributed by atoms with Gasteiger partial charge in [0.05, 0.1) is 19.1 Å². The zero-order valence-electron chi connectivity index (χ0n) is 18.5. The van der Waals surface area contributed by atoms with Crippen molar-refractivity contribution in [3.05, 3.63) is 56.9 Å². The van der Waals surface area contributed by atoms with E-state index >= 15 is 0 Å². The molecule has 3 rings (SSSR count). The maximum atomic E-state index is 12.8. The van der Waals surface area contributed by atoms with Crippen LogP contribution in [0.3, 0.4) is 0 Å². The van der Waals surface area contributed by atoms with Gasteiger partial charge in [0.15, 0.2) is 18.1 Å². The number of anilines is 1. The molecule has 0 radical (unpaired) electrons. The highest BCUT2D eigenvalue weighted by molar-refractivity contribution is 9.10. The lowest BCUT2D eigenvalue weighted by Crippen LogP contribution is -2.36. The quantitative estimate of drug-likeness (QED) is 0.389. The number of imide groups is 1. The highest BCUT2D eigenvalue weighted by Gasteiger charge is 2.36. The molecule has 1 aliphatic rings. The number of carbonyl (C=O) groups excluding carboxylic acids is 4. The topological polar surface area (TPSA) is 111 Å². The lowest BCUT2D eigenvalue weighted by molar-refractivity contribution is -0.143. The van der Waals surface area contributed by atoms with Crippen LogP contribution in [0.4, 0.5) is 10.5 Å². The monoisotopic (exact) mass is 548 g/mol. The van der Waals surface area contributed by atoms with Crippen LogP contribution < -0.4 is 14.8 Å². The number of methoxy groups -OCH3 is 2. The molecule has 0 atom stereocenters. The highest BCUT2D eigenvalue weighted by Crippen LogP contribution is 2.38. The van der Waals surface area contributed by atoms with Gasteiger partial charge in [-0.3, -0.25) is 19.3 Å². The molecule has 0 unspecified atom stereocenters. The van der Waals surface area contributed by atoms with E-state index in [0.29, 0.717) is 21.5 Å². The first kappa shape index (κ1) is 25.3. The molecule has 34 heavy (non-hydrogen) atoms. The fraction of sp³-hybridized carbons (Fsp3) is 0.217. The van der Waals surface area contributed by atoms with Gasteiger partial charge < -0.3 is 19.5 Å². The van der Waals surface area contributed by atoms with Crippen LogP contribution in [-0.4, -0.2) is 55.3 Å². The normalized spacial score (nSPS) is 14.4. The minimum absolute atomic E-state index is 0.152. The van der Waals surface area contributed by atoms with E-state index in [4.69, 9.17) is 9.47 Å². The smallest absolute Gasteiger partial charge is 0.343 e. The molecule has 0 saturated carbocycles. The molecule has 0 aliphatic carbocycles. The Labute approximate surface area is 208 Å². The Morgan fingerprint density at radius 1 is 1.15 bits per heavy atom. The molecular formula is C23H21BrN2O7S. The van der Waals surface area contributed by atoms with E-state index in [1.165, 1.54) is 20.3 Å². The summed E-state index contributed by atoms with van der Waals surface area (Å²) in [6.45, 7) is 1.14. The Bertz CT molecular complexity index is 1180. The van der Waals surface area contributed by atoms with Gasteiger partial charge in [0.25, 0.3) is 11.1 Å². The molecule has 1 saturated heterocycles. The molecule has 2 aromatic rings. The second-order valence-corrected chi connectivity index (χ2v) is 8.87. The summed E-state index contributed by atoms with van der Waals surface area (Å²) in [4.78, 5) is 50.1. The Morgan fingerprint density at radius 2 is 1.88 bits per heavy atom. The number of esters is 1. The van der Waals surface area contributed by atoms with Crippen LogP contribution in [-0.2, 0) is 19.1 Å². The van der Waals surface area contributed by atoms with Gasteiger partial charge in [-0.15, -0.1) is 0 Å². The van der Waals surface area contributed by atoms with Gasteiger partial charge in [-0.2, -0.15) is 0 Å². The number of para-hydroxylation sites is 1. The predicted octanol–water partition coefficient (Wildman–Crippen LogP) is 3.99. The van der Waals surface area contributed by atoms with E-state index in [0.717, 1.165) is 22.2 Å². The average molecular weight is 549 g/mol. The van der Waals surface area contributed by atoms with E-state index in [-0.39, 0.29) is 17.3 Å². The predicted molar refractivity (Wildman–Crippen MR) is 131 cm³/mol. The molecule has 3 amide bonds. The van der Waals surface area contributed by atoms with Crippen LogP contribution in [0.2, 0.25) is 0 Å². The summed E-state index contributed by atoms with van der Waals surface area (Å²) in [7, 11) is 2.68. The first-order valence-corrected chi connectivity index (χ1v) is 11.5. The number of benzene rings is 2. The maximum Gasteiger partial charge on any atom is 0.343 e. The van der Waals surface area contributed by atoms with Gasteiger partial charge in [0.1, 0.15) is 6.54 Å². The number of halogens is 1. The fourth-order valence-electron chi connectivity index (χ4n) is 2.95. The Kier molecular flexibility index (Phi) is 8.35. The minimum Gasteiger partial charge on any atom is -0.493 e. The van der Waals surface area contributed by atoms with Crippen molar-refractivity contribution in [3.8, 4) is 11.5 Å². The summed E-state index contributed by atoms with van der Waals surface area (Å²) in [6.07, 6.45) is 1.51. The molecule has 178 valence electrons. The SMILES string of the molecule is COC(=O)COc1cc(Br)c(/C=C2/SC(=O)N(CC(=O)Nc3ccccc3C)C2=O)cc1OC. The van der Waals surface area contributed by atoms with Crippen molar-refractivity contribution in [2.75, 3.05) is 32.7 Å². The maximum absolute atomic E-state index is 12.8. The Morgan fingerprint density at radius 3 is 2.56 bits per heavy atom. The third-order valence-electron chi connectivity index (χ3n) is 4.74. The van der Waals surface area contributed by atoms with E-state index in [1.54, 1.807) is 24.3 Å². The lowest BCUT2D eigenvalue weighted by atomic mass is 10.2. The van der Waals surface area contributed by atoms with Gasteiger partial charge in [0, 0.05) is 10.2 Å². The summed E-state index contributed by atoms with van der Waals surface area (Å²) in [5.41, 5.74) is 2.01. The molecule has 0 spiro atoms. The van der Waals surface area contributed by atoms with Crippen molar-refractivity contribution in [1.82, 2.24) is 4.90 Å². The molecule has 11 heteroatoms. The standard InChI is InChI=1S/C23H21BrN2O7S/c1-13-6-4-5-7-16(13)25-20(27)11-26-22(29)19(34-23(26)30)9-14-8-17(31-2)18(10-15(14)24)33-12-21(28)32-3/h4-10H,11-12H2,1-3H3,(H,25,27)/b19-9+. The number of thioether (sulfide) groups is 1. The van der Waals surface area contributed by atoms with E-state index in [1.807, 2.05) is 19.1 Å². The molecule has 9 nitrogen and oxygen atoms in total. The third-order valence-corrected chi connectivity index (χ3v) is 6.33. The first-order chi connectivity index (χ1) is 16.2. The fourth-order valence-corrected chi connectivity index (χ4v) is 4.22. The zero-order valence-corrected chi connectivity index (χ0v) is 20.9. The number of amides is 3.